The van der Waals surface area contributed by atoms with E-state index in [2.05, 4.69) is 15.6 Å². The van der Waals surface area contributed by atoms with Gasteiger partial charge in [-0.2, -0.15) is 0 Å². The maximum Gasteiger partial charge on any atom is 0.335 e. The third-order valence-corrected chi connectivity index (χ3v) is 3.98. The fourth-order valence-electron chi connectivity index (χ4n) is 2.66. The first-order valence-corrected chi connectivity index (χ1v) is 8.37. The molecule has 148 valence electrons. The summed E-state index contributed by atoms with van der Waals surface area (Å²) in [6, 6.07) is 12.1. The van der Waals surface area contributed by atoms with Crippen molar-refractivity contribution in [3.8, 4) is 5.88 Å². The van der Waals surface area contributed by atoms with Gasteiger partial charge in [-0.25, -0.2) is 14.6 Å². The molecule has 3 aromatic rings. The number of hydrogen-bond acceptors (Lipinski definition) is 5. The minimum absolute atomic E-state index is 0.0630. The van der Waals surface area contributed by atoms with Crippen LogP contribution in [0.25, 0.3) is 0 Å². The number of nitrogens with two attached hydrogens (primary N) is 1. The molecule has 0 spiro atoms. The van der Waals surface area contributed by atoms with E-state index in [1.165, 1.54) is 29.1 Å². The first kappa shape index (κ1) is 19.4. The fourth-order valence-corrected chi connectivity index (χ4v) is 2.66. The number of carbonyl (C=O) groups is 3. The average molecular weight is 395 g/mol. The van der Waals surface area contributed by atoms with Crippen LogP contribution in [0.1, 0.15) is 26.4 Å². The van der Waals surface area contributed by atoms with Gasteiger partial charge in [-0.1, -0.05) is 18.2 Å². The Morgan fingerprint density at radius 2 is 1.72 bits per heavy atom. The van der Waals surface area contributed by atoms with Crippen LogP contribution in [0.5, 0.6) is 5.88 Å². The lowest BCUT2D eigenvalue weighted by Gasteiger charge is -2.10. The van der Waals surface area contributed by atoms with Crippen LogP contribution >= 0.6 is 0 Å². The number of rotatable bonds is 6. The van der Waals surface area contributed by atoms with E-state index in [0.717, 1.165) is 5.56 Å². The lowest BCUT2D eigenvalue weighted by molar-refractivity contribution is 0.0696. The number of nitrogens with zero attached hydrogens (tertiary/aromatic N) is 2. The maximum absolute atomic E-state index is 12.1. The number of nitrogens with one attached hydrogen (secondary N) is 2. The number of carbonyl (C=O) groups excluding carboxylic acids is 2. The summed E-state index contributed by atoms with van der Waals surface area (Å²) < 4.78 is 1.42. The van der Waals surface area contributed by atoms with E-state index in [0.29, 0.717) is 11.4 Å². The monoisotopic (exact) mass is 395 g/mol. The number of aromatic carboxylic acids is 1. The molecule has 0 saturated heterocycles. The van der Waals surface area contributed by atoms with Crippen LogP contribution < -0.4 is 16.4 Å². The van der Waals surface area contributed by atoms with Gasteiger partial charge in [0.05, 0.1) is 11.9 Å². The van der Waals surface area contributed by atoms with Gasteiger partial charge in [0.1, 0.15) is 0 Å². The van der Waals surface area contributed by atoms with Gasteiger partial charge in [0.2, 0.25) is 5.88 Å². The highest BCUT2D eigenvalue weighted by Gasteiger charge is 2.15. The molecule has 3 amide bonds. The van der Waals surface area contributed by atoms with Crippen molar-refractivity contribution in [3.63, 3.8) is 0 Å². The molecule has 0 saturated carbocycles. The number of imidazole rings is 1. The molecule has 29 heavy (non-hydrogen) atoms. The molecule has 1 aromatic heterocycles. The SMILES string of the molecule is NC(=O)c1c(O)ncn1Cc1ccc(NC(=O)Nc2cccc(C(=O)O)c2)cc1. The summed E-state index contributed by atoms with van der Waals surface area (Å²) >= 11 is 0. The van der Waals surface area contributed by atoms with E-state index in [9.17, 15) is 19.5 Å². The summed E-state index contributed by atoms with van der Waals surface area (Å²) in [5, 5.41) is 23.7. The van der Waals surface area contributed by atoms with Gasteiger partial charge in [0.15, 0.2) is 5.69 Å². The summed E-state index contributed by atoms with van der Waals surface area (Å²) in [5.41, 5.74) is 6.84. The van der Waals surface area contributed by atoms with Gasteiger partial charge < -0.3 is 31.1 Å². The van der Waals surface area contributed by atoms with Gasteiger partial charge in [0, 0.05) is 17.9 Å². The molecule has 0 radical (unpaired) electrons. The second-order valence-electron chi connectivity index (χ2n) is 6.07. The average Bonchev–Trinajstić information content (AvgIpc) is 3.03. The van der Waals surface area contributed by atoms with Crippen LogP contribution in [0, 0.1) is 0 Å². The second-order valence-corrected chi connectivity index (χ2v) is 6.07. The summed E-state index contributed by atoms with van der Waals surface area (Å²) in [6.07, 6.45) is 1.31. The Morgan fingerprint density at radius 1 is 1.03 bits per heavy atom. The number of benzene rings is 2. The smallest absolute Gasteiger partial charge is 0.335 e. The van der Waals surface area contributed by atoms with Crippen LogP contribution in [0.15, 0.2) is 54.9 Å². The first-order chi connectivity index (χ1) is 13.8. The topological polar surface area (TPSA) is 160 Å². The Morgan fingerprint density at radius 3 is 2.38 bits per heavy atom. The molecular weight excluding hydrogens is 378 g/mol. The molecule has 1 heterocycles. The molecule has 0 unspecified atom stereocenters. The molecule has 3 rings (SSSR count). The molecule has 0 atom stereocenters. The number of primary amides is 1. The second kappa shape index (κ2) is 8.13. The molecule has 2 aromatic carbocycles. The molecule has 0 fully saturated rings. The van der Waals surface area contributed by atoms with Gasteiger partial charge in [-0.15, -0.1) is 0 Å². The van der Waals surface area contributed by atoms with Crippen LogP contribution in [-0.2, 0) is 6.54 Å². The largest absolute Gasteiger partial charge is 0.492 e. The van der Waals surface area contributed by atoms with Crippen molar-refractivity contribution in [2.45, 2.75) is 6.54 Å². The number of amides is 3. The third-order valence-electron chi connectivity index (χ3n) is 3.98. The standard InChI is InChI=1S/C19H17N5O5/c20-16(25)15-17(26)21-10-24(15)9-11-4-6-13(7-5-11)22-19(29)23-14-3-1-2-12(8-14)18(27)28/h1-8,10,26H,9H2,(H2,20,25)(H,27,28)(H2,22,23,29). The number of aromatic nitrogens is 2. The molecule has 10 nitrogen and oxygen atoms in total. The molecule has 0 aliphatic carbocycles. The number of urea groups is 1. The summed E-state index contributed by atoms with van der Waals surface area (Å²) in [6.45, 7) is 0.250. The minimum atomic E-state index is -1.09. The van der Waals surface area contributed by atoms with E-state index in [-0.39, 0.29) is 17.8 Å². The third kappa shape index (κ3) is 4.69. The molecule has 10 heteroatoms. The van der Waals surface area contributed by atoms with Gasteiger partial charge in [-0.3, -0.25) is 4.79 Å². The summed E-state index contributed by atoms with van der Waals surface area (Å²) in [4.78, 5) is 38.1. The van der Waals surface area contributed by atoms with Gasteiger partial charge >= 0.3 is 12.0 Å². The number of carboxylic acid groups (broad SMARTS) is 1. The van der Waals surface area contributed by atoms with Gasteiger partial charge in [0.25, 0.3) is 5.91 Å². The first-order valence-electron chi connectivity index (χ1n) is 8.37. The lowest BCUT2D eigenvalue weighted by atomic mass is 10.2. The number of anilines is 2. The van der Waals surface area contributed by atoms with E-state index >= 15 is 0 Å². The van der Waals surface area contributed by atoms with Crippen molar-refractivity contribution < 1.29 is 24.6 Å². The minimum Gasteiger partial charge on any atom is -0.492 e. The predicted molar refractivity (Wildman–Crippen MR) is 104 cm³/mol. The Hall–Kier alpha value is -4.34. The molecule has 6 N–H and O–H groups in total. The van der Waals surface area contributed by atoms with E-state index < -0.39 is 23.8 Å². The molecular formula is C19H17N5O5. The summed E-state index contributed by atoms with van der Waals surface area (Å²) in [5.74, 6) is -2.31. The number of hydrogen-bond donors (Lipinski definition) is 5. The van der Waals surface area contributed by atoms with Crippen LogP contribution in [0.4, 0.5) is 16.2 Å². The van der Waals surface area contributed by atoms with Crippen molar-refractivity contribution in [2.75, 3.05) is 10.6 Å². The van der Waals surface area contributed by atoms with Crippen molar-refractivity contribution in [2.24, 2.45) is 5.73 Å². The van der Waals surface area contributed by atoms with Crippen molar-refractivity contribution in [1.29, 1.82) is 0 Å². The zero-order valence-electron chi connectivity index (χ0n) is 15.0. The maximum atomic E-state index is 12.1. The zero-order valence-corrected chi connectivity index (χ0v) is 15.0. The van der Waals surface area contributed by atoms with Crippen LogP contribution in [0.3, 0.4) is 0 Å². The molecule has 0 aliphatic rings. The predicted octanol–water partition coefficient (Wildman–Crippen LogP) is 2.08. The Labute approximate surface area is 164 Å². The van der Waals surface area contributed by atoms with E-state index in [4.69, 9.17) is 10.8 Å². The quantitative estimate of drug-likeness (QED) is 0.429. The van der Waals surface area contributed by atoms with Crippen molar-refractivity contribution in [1.82, 2.24) is 9.55 Å². The molecule has 0 bridgehead atoms. The Kier molecular flexibility index (Phi) is 5.44. The normalized spacial score (nSPS) is 10.3. The van der Waals surface area contributed by atoms with Crippen LogP contribution in [0.2, 0.25) is 0 Å². The number of aromatic hydroxyl groups is 1. The van der Waals surface area contributed by atoms with E-state index in [1.807, 2.05) is 0 Å². The van der Waals surface area contributed by atoms with Crippen molar-refractivity contribution in [3.05, 3.63) is 71.7 Å². The highest BCUT2D eigenvalue weighted by molar-refractivity contribution is 6.00. The fraction of sp³-hybridized carbons (Fsp3) is 0.0526. The Bertz CT molecular complexity index is 1070. The van der Waals surface area contributed by atoms with Crippen molar-refractivity contribution >= 4 is 29.3 Å². The highest BCUT2D eigenvalue weighted by atomic mass is 16.4. The summed E-state index contributed by atoms with van der Waals surface area (Å²) in [7, 11) is 0. The molecule has 0 aliphatic heterocycles. The Balaban J connectivity index is 1.63. The van der Waals surface area contributed by atoms with Crippen LogP contribution in [-0.4, -0.2) is 37.7 Å². The lowest BCUT2D eigenvalue weighted by Crippen LogP contribution is -2.19. The zero-order chi connectivity index (χ0) is 21.0. The van der Waals surface area contributed by atoms with Gasteiger partial charge in [-0.05, 0) is 35.9 Å². The highest BCUT2D eigenvalue weighted by Crippen LogP contribution is 2.17. The number of carboxylic acids is 1. The van der Waals surface area contributed by atoms with E-state index in [1.54, 1.807) is 30.3 Å².